The molecule has 3 N–H and O–H groups in total. The van der Waals surface area contributed by atoms with E-state index in [1.165, 1.54) is 25.3 Å². The second-order valence-electron chi connectivity index (χ2n) is 14.2. The van der Waals surface area contributed by atoms with Crippen molar-refractivity contribution in [2.45, 2.75) is 90.5 Å². The second-order valence-corrected chi connectivity index (χ2v) is 14.2. The average molecular weight is 561 g/mol. The fourth-order valence-electron chi connectivity index (χ4n) is 10.9. The molecule has 9 unspecified atom stereocenters. The normalized spacial score (nSPS) is 52.4. The average Bonchev–Trinajstić information content (AvgIpc) is 3.50. The van der Waals surface area contributed by atoms with Crippen LogP contribution in [0.3, 0.4) is 0 Å². The van der Waals surface area contributed by atoms with Gasteiger partial charge in [0.15, 0.2) is 11.5 Å². The van der Waals surface area contributed by atoms with Gasteiger partial charge in [-0.1, -0.05) is 32.4 Å². The number of hydrogen-bond acceptors (Lipinski definition) is 6. The van der Waals surface area contributed by atoms with E-state index in [4.69, 9.17) is 9.84 Å². The van der Waals surface area contributed by atoms with Crippen molar-refractivity contribution in [1.29, 1.82) is 0 Å². The molecular weight excluding hydrogens is 515 g/mol. The number of aliphatic hydroxyl groups is 2. The number of halogens is 1. The number of aliphatic carboxylic acids is 1. The van der Waals surface area contributed by atoms with Crippen molar-refractivity contribution in [3.63, 3.8) is 0 Å². The molecule has 0 heterocycles. The Labute approximate surface area is 236 Å². The van der Waals surface area contributed by atoms with Gasteiger partial charge in [-0.15, -0.1) is 0 Å². The summed E-state index contributed by atoms with van der Waals surface area (Å²) in [6, 6.07) is 0. The Morgan fingerprint density at radius 3 is 2.38 bits per heavy atom. The Balaban J connectivity index is 0.000000204. The number of alkyl halides is 1. The molecule has 0 saturated heterocycles. The van der Waals surface area contributed by atoms with E-state index in [1.54, 1.807) is 19.1 Å². The van der Waals surface area contributed by atoms with E-state index in [0.717, 1.165) is 30.9 Å². The minimum Gasteiger partial charge on any atom is -0.481 e. The molecule has 6 fully saturated rings. The van der Waals surface area contributed by atoms with Gasteiger partial charge < -0.3 is 20.1 Å². The first kappa shape index (κ1) is 29.4. The molecule has 40 heavy (non-hydrogen) atoms. The second kappa shape index (κ2) is 9.75. The lowest BCUT2D eigenvalue weighted by Crippen LogP contribution is -2.67. The van der Waals surface area contributed by atoms with Crippen LogP contribution in [-0.4, -0.2) is 58.5 Å². The van der Waals surface area contributed by atoms with E-state index < -0.39 is 40.4 Å². The standard InChI is InChI=1S/C22H29FO4.C9H12O2.CH4O/c1-11-7-16-15-8-12(2)18(19(26)27)20(15,3)10-17(25)22(16,23)21(4)6-5-13(24)9-14(11)21;10-5-11-8-3-6-4-9(6)2-1-7(8)9;1-2/h5-6,9,11-12,15-18,25H,7-8,10H2,1-4H3,(H,26,27);5-8H,1-4H2;2H,1H3/t11-,12+,15?,16?,17?,18?,20?,21?,22-;6?,7?,8-,9?;/m00./s1. The fraction of sp³-hybridized carbons (Fsp3) is 0.781. The fourth-order valence-corrected chi connectivity index (χ4v) is 10.9. The SMILES string of the molecule is CO.C[C@@H]1CC2C3C[C@H](C)C4=CC(=O)C=CC4(C)[C@@]3(F)C(O)CC2(C)C1C(=O)O.O=CO[C@H]1CC2CC23CCC13. The van der Waals surface area contributed by atoms with Crippen molar-refractivity contribution < 1.29 is 38.8 Å². The summed E-state index contributed by atoms with van der Waals surface area (Å²) in [6.45, 7) is 8.31. The van der Waals surface area contributed by atoms with Crippen LogP contribution < -0.4 is 0 Å². The number of ketones is 1. The summed E-state index contributed by atoms with van der Waals surface area (Å²) in [5.41, 5.74) is -2.09. The van der Waals surface area contributed by atoms with Gasteiger partial charge in [-0.3, -0.25) is 14.4 Å². The Morgan fingerprint density at radius 2 is 1.80 bits per heavy atom. The molecule has 0 bridgehead atoms. The Bertz CT molecular complexity index is 1130. The molecule has 7 aliphatic carbocycles. The molecule has 13 atom stereocenters. The van der Waals surface area contributed by atoms with E-state index in [-0.39, 0.29) is 30.0 Å². The lowest BCUT2D eigenvalue weighted by molar-refractivity contribution is -0.203. The summed E-state index contributed by atoms with van der Waals surface area (Å²) in [7, 11) is 1.00. The molecule has 0 amide bonds. The third-order valence-corrected chi connectivity index (χ3v) is 12.7. The van der Waals surface area contributed by atoms with Gasteiger partial charge in [0.1, 0.15) is 6.10 Å². The first-order valence-electron chi connectivity index (χ1n) is 14.9. The molecule has 7 nitrogen and oxygen atoms in total. The summed E-state index contributed by atoms with van der Waals surface area (Å²) in [5.74, 6) is -0.407. The maximum absolute atomic E-state index is 16.9. The number of carboxylic acid groups (broad SMARTS) is 1. The topological polar surface area (TPSA) is 121 Å². The zero-order chi connectivity index (χ0) is 29.4. The molecule has 6 saturated carbocycles. The van der Waals surface area contributed by atoms with Gasteiger partial charge in [-0.05, 0) is 98.5 Å². The molecule has 222 valence electrons. The predicted octanol–water partition coefficient (Wildman–Crippen LogP) is 4.51. The Hall–Kier alpha value is -2.06. The zero-order valence-corrected chi connectivity index (χ0v) is 24.3. The molecule has 7 aliphatic rings. The van der Waals surface area contributed by atoms with Gasteiger partial charge in [-0.2, -0.15) is 0 Å². The first-order valence-corrected chi connectivity index (χ1v) is 14.9. The number of aliphatic hydroxyl groups excluding tert-OH is 2. The summed E-state index contributed by atoms with van der Waals surface area (Å²) in [6.07, 6.45) is 10.3. The van der Waals surface area contributed by atoms with Crippen LogP contribution in [0.25, 0.3) is 0 Å². The number of hydrogen-bond donors (Lipinski definition) is 3. The Kier molecular flexibility index (Phi) is 7.18. The third kappa shape index (κ3) is 3.77. The maximum Gasteiger partial charge on any atom is 0.307 e. The highest BCUT2D eigenvalue weighted by molar-refractivity contribution is 6.01. The minimum absolute atomic E-state index is 0.0199. The molecule has 0 aromatic heterocycles. The van der Waals surface area contributed by atoms with Gasteiger partial charge in [-0.25, -0.2) is 4.39 Å². The first-order chi connectivity index (χ1) is 18.8. The molecule has 0 aromatic carbocycles. The smallest absolute Gasteiger partial charge is 0.307 e. The highest BCUT2D eigenvalue weighted by Gasteiger charge is 2.73. The molecule has 0 radical (unpaired) electrons. The molecule has 0 aliphatic heterocycles. The third-order valence-electron chi connectivity index (χ3n) is 12.7. The predicted molar refractivity (Wildman–Crippen MR) is 146 cm³/mol. The van der Waals surface area contributed by atoms with Crippen LogP contribution in [0.2, 0.25) is 0 Å². The largest absolute Gasteiger partial charge is 0.481 e. The van der Waals surface area contributed by atoms with Crippen LogP contribution in [-0.2, 0) is 19.1 Å². The zero-order valence-electron chi connectivity index (χ0n) is 24.3. The maximum atomic E-state index is 16.9. The summed E-state index contributed by atoms with van der Waals surface area (Å²) in [4.78, 5) is 34.0. The monoisotopic (exact) mass is 560 g/mol. The van der Waals surface area contributed by atoms with Crippen LogP contribution in [0.5, 0.6) is 0 Å². The number of carbonyl (C=O) groups excluding carboxylic acids is 2. The van der Waals surface area contributed by atoms with Crippen LogP contribution >= 0.6 is 0 Å². The van der Waals surface area contributed by atoms with Gasteiger partial charge in [0.25, 0.3) is 6.47 Å². The van der Waals surface area contributed by atoms with Gasteiger partial charge in [0, 0.05) is 24.4 Å². The highest BCUT2D eigenvalue weighted by Crippen LogP contribution is 2.76. The summed E-state index contributed by atoms with van der Waals surface area (Å²) < 4.78 is 21.9. The number of rotatable bonds is 3. The van der Waals surface area contributed by atoms with Crippen LogP contribution in [0, 0.1) is 57.7 Å². The Morgan fingerprint density at radius 1 is 1.10 bits per heavy atom. The van der Waals surface area contributed by atoms with E-state index in [1.807, 2.05) is 20.8 Å². The molecule has 0 aromatic rings. The van der Waals surface area contributed by atoms with Gasteiger partial charge in [0.05, 0.1) is 12.0 Å². The van der Waals surface area contributed by atoms with Crippen LogP contribution in [0.15, 0.2) is 23.8 Å². The molecule has 7 rings (SSSR count). The highest BCUT2D eigenvalue weighted by atomic mass is 19.1. The minimum atomic E-state index is -1.89. The van der Waals surface area contributed by atoms with E-state index in [9.17, 15) is 24.6 Å². The number of fused-ring (bicyclic) bond motifs is 5. The molecule has 8 heteroatoms. The quantitative estimate of drug-likeness (QED) is 0.435. The van der Waals surface area contributed by atoms with Crippen molar-refractivity contribution in [1.82, 2.24) is 0 Å². The lowest BCUT2D eigenvalue weighted by atomic mass is 9.44. The number of ether oxygens (including phenoxy) is 1. The van der Waals surface area contributed by atoms with Crippen LogP contribution in [0.4, 0.5) is 4.39 Å². The molecular formula is C32H45FO7. The van der Waals surface area contributed by atoms with E-state index in [2.05, 4.69) is 0 Å². The van der Waals surface area contributed by atoms with Gasteiger partial charge in [0.2, 0.25) is 0 Å². The number of carboxylic acids is 1. The van der Waals surface area contributed by atoms with Crippen molar-refractivity contribution in [3.8, 4) is 0 Å². The van der Waals surface area contributed by atoms with E-state index in [0.29, 0.717) is 30.8 Å². The molecule has 1 spiro atoms. The van der Waals surface area contributed by atoms with Crippen molar-refractivity contribution in [2.24, 2.45) is 57.7 Å². The summed E-state index contributed by atoms with van der Waals surface area (Å²) in [5, 5.41) is 27.9. The van der Waals surface area contributed by atoms with Crippen LogP contribution in [0.1, 0.15) is 72.6 Å². The summed E-state index contributed by atoms with van der Waals surface area (Å²) >= 11 is 0. The van der Waals surface area contributed by atoms with Crippen molar-refractivity contribution in [3.05, 3.63) is 23.8 Å². The lowest BCUT2D eigenvalue weighted by Gasteiger charge is -2.63. The van der Waals surface area contributed by atoms with Gasteiger partial charge >= 0.3 is 5.97 Å². The van der Waals surface area contributed by atoms with E-state index >= 15 is 4.39 Å². The van der Waals surface area contributed by atoms with Crippen molar-refractivity contribution >= 4 is 18.2 Å². The number of allylic oxidation sites excluding steroid dienone is 4. The van der Waals surface area contributed by atoms with Crippen molar-refractivity contribution in [2.75, 3.05) is 7.11 Å². The number of carbonyl (C=O) groups is 3.